The lowest BCUT2D eigenvalue weighted by atomic mass is 9.70. The third-order valence-corrected chi connectivity index (χ3v) is 10.4. The zero-order chi connectivity index (χ0) is 23.9. The van der Waals surface area contributed by atoms with E-state index >= 15 is 0 Å². The van der Waals surface area contributed by atoms with Crippen LogP contribution in [0.4, 0.5) is 5.69 Å². The van der Waals surface area contributed by atoms with Crippen LogP contribution in [0, 0.1) is 25.7 Å². The van der Waals surface area contributed by atoms with Crippen LogP contribution in [-0.4, -0.2) is 68.3 Å². The zero-order valence-corrected chi connectivity index (χ0v) is 21.7. The molecule has 1 aromatic rings. The van der Waals surface area contributed by atoms with Gasteiger partial charge in [-0.3, -0.25) is 14.4 Å². The minimum Gasteiger partial charge on any atom is -0.396 e. The molecule has 180 valence electrons. The predicted molar refractivity (Wildman–Crippen MR) is 133 cm³/mol. The van der Waals surface area contributed by atoms with Gasteiger partial charge in [-0.15, -0.1) is 11.8 Å². The molecule has 33 heavy (non-hydrogen) atoms. The van der Waals surface area contributed by atoms with Gasteiger partial charge in [0.15, 0.2) is 0 Å². The molecule has 4 rings (SSSR count). The minimum absolute atomic E-state index is 0.0497. The maximum Gasteiger partial charge on any atom is 0.248 e. The highest BCUT2D eigenvalue weighted by molar-refractivity contribution is 9.09. The Labute approximate surface area is 207 Å². The molecule has 3 unspecified atom stereocenters. The molecule has 9 heteroatoms. The van der Waals surface area contributed by atoms with Gasteiger partial charge < -0.3 is 20.6 Å². The molecule has 0 saturated carbocycles. The highest BCUT2D eigenvalue weighted by Gasteiger charge is 2.75. The van der Waals surface area contributed by atoms with Crippen LogP contribution < -0.4 is 10.6 Å². The van der Waals surface area contributed by atoms with Gasteiger partial charge >= 0.3 is 0 Å². The van der Waals surface area contributed by atoms with Crippen LogP contribution in [0.2, 0.25) is 0 Å². The van der Waals surface area contributed by atoms with Gasteiger partial charge in [0.05, 0.1) is 16.6 Å². The summed E-state index contributed by atoms with van der Waals surface area (Å²) < 4.78 is -0.666. The highest BCUT2D eigenvalue weighted by atomic mass is 79.9. The van der Waals surface area contributed by atoms with E-state index in [1.54, 1.807) is 16.7 Å². The van der Waals surface area contributed by atoms with Crippen molar-refractivity contribution in [3.63, 3.8) is 0 Å². The summed E-state index contributed by atoms with van der Waals surface area (Å²) in [6.45, 7) is 6.69. The number of anilines is 1. The Morgan fingerprint density at radius 3 is 2.61 bits per heavy atom. The number of carbonyl (C=O) groups excluding carboxylic acids is 3. The first-order valence-electron chi connectivity index (χ1n) is 11.6. The van der Waals surface area contributed by atoms with Crippen molar-refractivity contribution in [3.05, 3.63) is 29.3 Å². The molecule has 1 spiro atoms. The SMILES string of the molecule is CCCNC(=O)[C@H]1[C@@H]2SC3(CC2Br)C(C(=O)Nc2c(C)cccc2C)N(CCCO)C(=O)[C@H]13. The van der Waals surface area contributed by atoms with Crippen LogP contribution in [0.1, 0.15) is 37.3 Å². The predicted octanol–water partition coefficient (Wildman–Crippen LogP) is 2.62. The van der Waals surface area contributed by atoms with E-state index in [4.69, 9.17) is 0 Å². The number of likely N-dealkylation sites (tertiary alicyclic amines) is 1. The lowest BCUT2D eigenvalue weighted by Crippen LogP contribution is -2.53. The number of para-hydroxylation sites is 1. The fourth-order valence-electron chi connectivity index (χ4n) is 5.78. The first kappa shape index (κ1) is 24.5. The van der Waals surface area contributed by atoms with E-state index in [1.165, 1.54) is 0 Å². The number of rotatable bonds is 8. The van der Waals surface area contributed by atoms with Crippen molar-refractivity contribution in [1.29, 1.82) is 0 Å². The van der Waals surface area contributed by atoms with E-state index in [9.17, 15) is 19.5 Å². The number of halogens is 1. The topological polar surface area (TPSA) is 98.7 Å². The van der Waals surface area contributed by atoms with Crippen LogP contribution in [0.15, 0.2) is 18.2 Å². The quantitative estimate of drug-likeness (QED) is 0.442. The van der Waals surface area contributed by atoms with Crippen molar-refractivity contribution >= 4 is 51.1 Å². The molecule has 3 fully saturated rings. The van der Waals surface area contributed by atoms with E-state index in [1.807, 2.05) is 39.0 Å². The van der Waals surface area contributed by atoms with Gasteiger partial charge in [-0.05, 0) is 44.2 Å². The fourth-order valence-corrected chi connectivity index (χ4v) is 9.39. The maximum atomic E-state index is 13.8. The molecule has 3 amide bonds. The summed E-state index contributed by atoms with van der Waals surface area (Å²) in [4.78, 5) is 42.4. The number of nitrogens with one attached hydrogen (secondary N) is 2. The van der Waals surface area contributed by atoms with Crippen molar-refractivity contribution in [1.82, 2.24) is 10.2 Å². The van der Waals surface area contributed by atoms with Gasteiger partial charge in [0.1, 0.15) is 6.04 Å². The Morgan fingerprint density at radius 1 is 1.27 bits per heavy atom. The smallest absolute Gasteiger partial charge is 0.248 e. The van der Waals surface area contributed by atoms with E-state index in [2.05, 4.69) is 26.6 Å². The number of thioether (sulfide) groups is 1. The fraction of sp³-hybridized carbons (Fsp3) is 0.625. The van der Waals surface area contributed by atoms with Crippen LogP contribution in [0.25, 0.3) is 0 Å². The molecular formula is C24H32BrN3O4S. The van der Waals surface area contributed by atoms with Gasteiger partial charge in [0.2, 0.25) is 17.7 Å². The molecular weight excluding hydrogens is 506 g/mol. The third kappa shape index (κ3) is 4.00. The zero-order valence-electron chi connectivity index (χ0n) is 19.3. The van der Waals surface area contributed by atoms with Gasteiger partial charge in [-0.2, -0.15) is 0 Å². The van der Waals surface area contributed by atoms with E-state index in [0.717, 1.165) is 23.2 Å². The summed E-state index contributed by atoms with van der Waals surface area (Å²) in [6, 6.07) is 5.15. The average Bonchev–Trinajstić information content (AvgIpc) is 3.36. The van der Waals surface area contributed by atoms with Gasteiger partial charge in [-0.25, -0.2) is 0 Å². The van der Waals surface area contributed by atoms with Crippen molar-refractivity contribution in [2.24, 2.45) is 11.8 Å². The molecule has 2 bridgehead atoms. The molecule has 6 atom stereocenters. The Bertz CT molecular complexity index is 939. The molecule has 3 aliphatic heterocycles. The molecule has 0 radical (unpaired) electrons. The first-order chi connectivity index (χ1) is 15.8. The number of alkyl halides is 1. The summed E-state index contributed by atoms with van der Waals surface area (Å²) in [7, 11) is 0. The van der Waals surface area contributed by atoms with Crippen molar-refractivity contribution in [2.75, 3.05) is 25.0 Å². The summed E-state index contributed by atoms with van der Waals surface area (Å²) in [6.07, 6.45) is 1.86. The molecule has 3 aliphatic rings. The second kappa shape index (κ2) is 9.58. The lowest BCUT2D eigenvalue weighted by molar-refractivity contribution is -0.139. The third-order valence-electron chi connectivity index (χ3n) is 7.18. The standard InChI is InChI=1S/C24H32BrN3O4S/c1-4-9-26-21(30)16-17-23(32)28(10-6-11-29)20(24(17)12-15(25)19(16)33-24)22(31)27-18-13(2)7-5-8-14(18)3/h5,7-8,15-17,19-20,29H,4,6,9-12H2,1-3H3,(H,26,30)(H,27,31)/t15?,16-,17+,19-,20?,24?/m1/s1. The largest absolute Gasteiger partial charge is 0.396 e. The molecule has 0 aliphatic carbocycles. The van der Waals surface area contributed by atoms with Crippen LogP contribution >= 0.6 is 27.7 Å². The number of benzene rings is 1. The number of carbonyl (C=O) groups is 3. The number of aliphatic hydroxyl groups is 1. The summed E-state index contributed by atoms with van der Waals surface area (Å²) in [5.41, 5.74) is 2.69. The Balaban J connectivity index is 1.71. The lowest BCUT2D eigenvalue weighted by Gasteiger charge is -2.35. The average molecular weight is 539 g/mol. The molecule has 3 N–H and O–H groups in total. The van der Waals surface area contributed by atoms with Crippen molar-refractivity contribution in [2.45, 2.75) is 60.9 Å². The van der Waals surface area contributed by atoms with Crippen molar-refractivity contribution < 1.29 is 19.5 Å². The molecule has 3 saturated heterocycles. The Morgan fingerprint density at radius 2 is 1.97 bits per heavy atom. The number of hydrogen-bond donors (Lipinski definition) is 3. The first-order valence-corrected chi connectivity index (χ1v) is 13.4. The number of nitrogens with zero attached hydrogens (tertiary/aromatic N) is 1. The summed E-state index contributed by atoms with van der Waals surface area (Å²) in [5, 5.41) is 15.5. The molecule has 0 aromatic heterocycles. The Hall–Kier alpha value is -1.58. The molecule has 7 nitrogen and oxygen atoms in total. The van der Waals surface area contributed by atoms with Crippen LogP contribution in [0.3, 0.4) is 0 Å². The second-order valence-electron chi connectivity index (χ2n) is 9.32. The highest BCUT2D eigenvalue weighted by Crippen LogP contribution is 2.67. The van der Waals surface area contributed by atoms with E-state index < -0.39 is 22.6 Å². The van der Waals surface area contributed by atoms with Crippen LogP contribution in [-0.2, 0) is 14.4 Å². The number of aryl methyl sites for hydroxylation is 2. The van der Waals surface area contributed by atoms with Crippen molar-refractivity contribution in [3.8, 4) is 0 Å². The molecule has 1 aromatic carbocycles. The summed E-state index contributed by atoms with van der Waals surface area (Å²) in [5.74, 6) is -1.47. The van der Waals surface area contributed by atoms with E-state index in [0.29, 0.717) is 25.9 Å². The summed E-state index contributed by atoms with van der Waals surface area (Å²) >= 11 is 5.39. The second-order valence-corrected chi connectivity index (χ2v) is 12.0. The number of hydrogen-bond acceptors (Lipinski definition) is 5. The number of fused-ring (bicyclic) bond motifs is 1. The minimum atomic E-state index is -0.695. The van der Waals surface area contributed by atoms with Crippen LogP contribution in [0.5, 0.6) is 0 Å². The Kier molecular flexibility index (Phi) is 7.13. The van der Waals surface area contributed by atoms with Gasteiger partial charge in [-0.1, -0.05) is 41.1 Å². The van der Waals surface area contributed by atoms with E-state index in [-0.39, 0.29) is 34.4 Å². The van der Waals surface area contributed by atoms with Gasteiger partial charge in [0, 0.05) is 35.5 Å². The molecule has 3 heterocycles. The monoisotopic (exact) mass is 537 g/mol. The maximum absolute atomic E-state index is 13.8. The van der Waals surface area contributed by atoms with Gasteiger partial charge in [0.25, 0.3) is 0 Å². The number of amides is 3. The normalized spacial score (nSPS) is 32.2. The number of aliphatic hydroxyl groups excluding tert-OH is 1.